The number of hydrogen-bond donors (Lipinski definition) is 4. The SMILES string of the molecule is CCCCN1C(=O)C2C(Cc3ccc(O)c(O)c3)NC3(C(=O)Nc4ccc(Cl)cc43)C2C1=O. The number of nitrogens with zero attached hydrogens (tertiary/aromatic N) is 1. The van der Waals surface area contributed by atoms with Crippen molar-refractivity contribution in [2.45, 2.75) is 37.8 Å². The zero-order chi connectivity index (χ0) is 23.5. The highest BCUT2D eigenvalue weighted by atomic mass is 35.5. The van der Waals surface area contributed by atoms with Gasteiger partial charge in [-0.3, -0.25) is 24.6 Å². The number of imide groups is 1. The van der Waals surface area contributed by atoms with Gasteiger partial charge < -0.3 is 15.5 Å². The summed E-state index contributed by atoms with van der Waals surface area (Å²) in [5.41, 5.74) is 0.369. The van der Waals surface area contributed by atoms with Crippen LogP contribution in [0.1, 0.15) is 30.9 Å². The smallest absolute Gasteiger partial charge is 0.250 e. The van der Waals surface area contributed by atoms with Crippen molar-refractivity contribution in [2.24, 2.45) is 11.8 Å². The van der Waals surface area contributed by atoms with Crippen LogP contribution in [0.25, 0.3) is 0 Å². The number of halogens is 1. The van der Waals surface area contributed by atoms with E-state index in [-0.39, 0.29) is 35.6 Å². The first-order valence-electron chi connectivity index (χ1n) is 11.0. The van der Waals surface area contributed by atoms with Crippen LogP contribution in [-0.2, 0) is 26.3 Å². The van der Waals surface area contributed by atoms with Crippen molar-refractivity contribution in [3.05, 3.63) is 52.5 Å². The fraction of sp³-hybridized carbons (Fsp3) is 0.375. The van der Waals surface area contributed by atoms with E-state index in [0.29, 0.717) is 34.8 Å². The molecule has 9 heteroatoms. The van der Waals surface area contributed by atoms with Crippen LogP contribution in [-0.4, -0.2) is 45.4 Å². The van der Waals surface area contributed by atoms with Gasteiger partial charge in [0.2, 0.25) is 17.7 Å². The van der Waals surface area contributed by atoms with Crippen molar-refractivity contribution in [1.29, 1.82) is 0 Å². The molecule has 0 bridgehead atoms. The van der Waals surface area contributed by atoms with Crippen LogP contribution in [0.5, 0.6) is 11.5 Å². The van der Waals surface area contributed by atoms with E-state index in [0.717, 1.165) is 6.42 Å². The number of rotatable bonds is 5. The summed E-state index contributed by atoms with van der Waals surface area (Å²) in [5.74, 6) is -3.21. The average Bonchev–Trinajstić information content (AvgIpc) is 3.34. The van der Waals surface area contributed by atoms with Gasteiger partial charge in [-0.15, -0.1) is 0 Å². The molecule has 33 heavy (non-hydrogen) atoms. The molecule has 172 valence electrons. The van der Waals surface area contributed by atoms with Crippen molar-refractivity contribution in [1.82, 2.24) is 10.2 Å². The van der Waals surface area contributed by atoms with E-state index < -0.39 is 23.4 Å². The van der Waals surface area contributed by atoms with E-state index in [2.05, 4.69) is 10.6 Å². The Balaban J connectivity index is 1.61. The fourth-order valence-electron chi connectivity index (χ4n) is 5.50. The molecule has 0 aromatic heterocycles. The van der Waals surface area contributed by atoms with Crippen LogP contribution in [0, 0.1) is 11.8 Å². The minimum absolute atomic E-state index is 0.246. The molecule has 5 rings (SSSR count). The van der Waals surface area contributed by atoms with Gasteiger partial charge in [0, 0.05) is 28.9 Å². The van der Waals surface area contributed by atoms with Gasteiger partial charge >= 0.3 is 0 Å². The van der Waals surface area contributed by atoms with Crippen molar-refractivity contribution in [3.63, 3.8) is 0 Å². The van der Waals surface area contributed by atoms with Gasteiger partial charge in [-0.1, -0.05) is 31.0 Å². The summed E-state index contributed by atoms with van der Waals surface area (Å²) in [4.78, 5) is 41.7. The number of amides is 3. The topological polar surface area (TPSA) is 119 Å². The molecule has 3 amide bonds. The molecular formula is C24H24ClN3O5. The average molecular weight is 470 g/mol. The molecule has 3 aliphatic heterocycles. The van der Waals surface area contributed by atoms with Gasteiger partial charge in [0.05, 0.1) is 11.8 Å². The van der Waals surface area contributed by atoms with Crippen LogP contribution >= 0.6 is 11.6 Å². The molecule has 2 saturated heterocycles. The lowest BCUT2D eigenvalue weighted by molar-refractivity contribution is -0.142. The molecule has 1 spiro atoms. The minimum atomic E-state index is -1.41. The number of fused-ring (bicyclic) bond motifs is 4. The molecule has 3 heterocycles. The molecule has 4 atom stereocenters. The lowest BCUT2D eigenvalue weighted by Gasteiger charge is -2.29. The summed E-state index contributed by atoms with van der Waals surface area (Å²) in [6, 6.07) is 8.93. The van der Waals surface area contributed by atoms with E-state index in [1.54, 1.807) is 24.3 Å². The van der Waals surface area contributed by atoms with E-state index in [4.69, 9.17) is 11.6 Å². The maximum atomic E-state index is 13.6. The van der Waals surface area contributed by atoms with Gasteiger partial charge in [0.15, 0.2) is 11.5 Å². The second kappa shape index (κ2) is 7.74. The number of carbonyl (C=O) groups is 3. The van der Waals surface area contributed by atoms with Crippen molar-refractivity contribution >= 4 is 35.0 Å². The zero-order valence-electron chi connectivity index (χ0n) is 18.0. The second-order valence-corrected chi connectivity index (χ2v) is 9.35. The number of carbonyl (C=O) groups excluding carboxylic acids is 3. The predicted octanol–water partition coefficient (Wildman–Crippen LogP) is 2.51. The third-order valence-electron chi connectivity index (χ3n) is 7.00. The summed E-state index contributed by atoms with van der Waals surface area (Å²) in [6.07, 6.45) is 1.79. The predicted molar refractivity (Wildman–Crippen MR) is 121 cm³/mol. The Morgan fingerprint density at radius 3 is 2.58 bits per heavy atom. The maximum absolute atomic E-state index is 13.6. The monoisotopic (exact) mass is 469 g/mol. The van der Waals surface area contributed by atoms with Crippen molar-refractivity contribution in [3.8, 4) is 11.5 Å². The molecule has 0 radical (unpaired) electrons. The van der Waals surface area contributed by atoms with E-state index in [1.807, 2.05) is 6.92 Å². The third kappa shape index (κ3) is 3.12. The number of phenols is 2. The normalized spacial score (nSPS) is 27.9. The van der Waals surface area contributed by atoms with Crippen LogP contribution in [0.15, 0.2) is 36.4 Å². The summed E-state index contributed by atoms with van der Waals surface area (Å²) in [7, 11) is 0. The lowest BCUT2D eigenvalue weighted by atomic mass is 9.76. The molecule has 4 unspecified atom stereocenters. The summed E-state index contributed by atoms with van der Waals surface area (Å²) >= 11 is 6.26. The van der Waals surface area contributed by atoms with Crippen LogP contribution in [0.4, 0.5) is 5.69 Å². The molecule has 3 aliphatic rings. The minimum Gasteiger partial charge on any atom is -0.504 e. The summed E-state index contributed by atoms with van der Waals surface area (Å²) in [6.45, 7) is 2.30. The molecule has 2 fully saturated rings. The molecule has 0 aliphatic carbocycles. The van der Waals surface area contributed by atoms with Gasteiger partial charge in [-0.05, 0) is 48.7 Å². The molecule has 4 N–H and O–H groups in total. The number of nitrogens with one attached hydrogen (secondary N) is 2. The zero-order valence-corrected chi connectivity index (χ0v) is 18.7. The molecule has 2 aromatic rings. The standard InChI is InChI=1S/C24H24ClN3O5/c1-2-3-8-28-21(31)19-16(9-12-4-7-17(29)18(30)10-12)27-24(20(19)22(28)32)14-11-13(25)5-6-15(14)26-23(24)33/h4-7,10-11,16,19-20,27,29-30H,2-3,8-9H2,1H3,(H,26,33). The first kappa shape index (κ1) is 21.7. The molecule has 8 nitrogen and oxygen atoms in total. The number of phenolic OH excluding ortho intramolecular Hbond substituents is 2. The van der Waals surface area contributed by atoms with E-state index >= 15 is 0 Å². The van der Waals surface area contributed by atoms with E-state index in [9.17, 15) is 24.6 Å². The molecule has 2 aromatic carbocycles. The molecular weight excluding hydrogens is 446 g/mol. The van der Waals surface area contributed by atoms with Crippen LogP contribution in [0.3, 0.4) is 0 Å². The quantitative estimate of drug-likeness (QED) is 0.394. The largest absolute Gasteiger partial charge is 0.504 e. The number of likely N-dealkylation sites (tertiary alicyclic amines) is 1. The lowest BCUT2D eigenvalue weighted by Crippen LogP contribution is -2.53. The Hall–Kier alpha value is -3.10. The van der Waals surface area contributed by atoms with Gasteiger partial charge in [0.1, 0.15) is 5.54 Å². The Morgan fingerprint density at radius 1 is 1.06 bits per heavy atom. The van der Waals surface area contributed by atoms with Crippen molar-refractivity contribution < 1.29 is 24.6 Å². The second-order valence-electron chi connectivity index (χ2n) is 8.92. The Bertz CT molecular complexity index is 1180. The Labute approximate surface area is 195 Å². The Morgan fingerprint density at radius 2 is 1.85 bits per heavy atom. The summed E-state index contributed by atoms with van der Waals surface area (Å²) in [5, 5.41) is 26.2. The number of hydrogen-bond acceptors (Lipinski definition) is 6. The van der Waals surface area contributed by atoms with Crippen molar-refractivity contribution in [2.75, 3.05) is 11.9 Å². The first-order valence-corrected chi connectivity index (χ1v) is 11.4. The van der Waals surface area contributed by atoms with Crippen LogP contribution < -0.4 is 10.6 Å². The number of unbranched alkanes of at least 4 members (excludes halogenated alkanes) is 1. The van der Waals surface area contributed by atoms with Gasteiger partial charge in [-0.2, -0.15) is 0 Å². The highest BCUT2D eigenvalue weighted by Gasteiger charge is 2.70. The highest BCUT2D eigenvalue weighted by molar-refractivity contribution is 6.31. The van der Waals surface area contributed by atoms with E-state index in [1.165, 1.54) is 17.0 Å². The number of aromatic hydroxyl groups is 2. The Kier molecular flexibility index (Phi) is 5.10. The molecule has 0 saturated carbocycles. The number of anilines is 1. The fourth-order valence-corrected chi connectivity index (χ4v) is 5.67. The first-order chi connectivity index (χ1) is 15.8. The number of benzene rings is 2. The maximum Gasteiger partial charge on any atom is 0.250 e. The third-order valence-corrected chi connectivity index (χ3v) is 7.23. The van der Waals surface area contributed by atoms with Gasteiger partial charge in [-0.25, -0.2) is 0 Å². The summed E-state index contributed by atoms with van der Waals surface area (Å²) < 4.78 is 0. The van der Waals surface area contributed by atoms with Gasteiger partial charge in [0.25, 0.3) is 0 Å². The highest BCUT2D eigenvalue weighted by Crippen LogP contribution is 2.53. The van der Waals surface area contributed by atoms with Crippen LogP contribution in [0.2, 0.25) is 5.02 Å².